The summed E-state index contributed by atoms with van der Waals surface area (Å²) in [6, 6.07) is 21.9. The predicted octanol–water partition coefficient (Wildman–Crippen LogP) is 6.01. The number of halogens is 2. The van der Waals surface area contributed by atoms with Crippen LogP contribution in [0.25, 0.3) is 0 Å². The third-order valence-electron chi connectivity index (χ3n) is 6.46. The molecule has 0 unspecified atom stereocenters. The topological polar surface area (TPSA) is 41.1 Å². The van der Waals surface area contributed by atoms with Crippen molar-refractivity contribution in [2.24, 2.45) is 0 Å². The molecule has 152 valence electrons. The van der Waals surface area contributed by atoms with Crippen LogP contribution in [0.2, 0.25) is 10.0 Å². The monoisotopic (exact) mass is 436 g/mol. The van der Waals surface area contributed by atoms with E-state index < -0.39 is 5.41 Å². The molecule has 0 radical (unpaired) electrons. The number of nitrogens with one attached hydrogen (secondary N) is 2. The lowest BCUT2D eigenvalue weighted by Gasteiger charge is -2.47. The number of hydrogen-bond acceptors (Lipinski definition) is 2. The Labute approximate surface area is 186 Å². The third kappa shape index (κ3) is 2.96. The molecule has 5 heteroatoms. The van der Waals surface area contributed by atoms with E-state index in [1.807, 2.05) is 36.4 Å². The average Bonchev–Trinajstić information content (AvgIpc) is 2.99. The maximum Gasteiger partial charge on any atom is 0.237 e. The highest BCUT2D eigenvalue weighted by Crippen LogP contribution is 2.57. The van der Waals surface area contributed by atoms with Crippen molar-refractivity contribution in [3.8, 4) is 0 Å². The van der Waals surface area contributed by atoms with Crippen LogP contribution in [0.3, 0.4) is 0 Å². The Kier molecular flexibility index (Phi) is 4.85. The highest BCUT2D eigenvalue weighted by molar-refractivity contribution is 6.31. The summed E-state index contributed by atoms with van der Waals surface area (Å²) in [5.41, 5.74) is 4.35. The minimum absolute atomic E-state index is 0.00319. The first kappa shape index (κ1) is 19.6. The van der Waals surface area contributed by atoms with Gasteiger partial charge in [-0.3, -0.25) is 4.79 Å². The summed E-state index contributed by atoms with van der Waals surface area (Å²) in [6.07, 6.45) is 0.831. The molecule has 2 aliphatic heterocycles. The van der Waals surface area contributed by atoms with Crippen LogP contribution in [-0.4, -0.2) is 12.5 Å². The van der Waals surface area contributed by atoms with Gasteiger partial charge in [0.15, 0.2) is 0 Å². The lowest BCUT2D eigenvalue weighted by Crippen LogP contribution is -2.55. The van der Waals surface area contributed by atoms with Gasteiger partial charge in [0.25, 0.3) is 0 Å². The fourth-order valence-corrected chi connectivity index (χ4v) is 5.68. The quantitative estimate of drug-likeness (QED) is 0.516. The van der Waals surface area contributed by atoms with Crippen LogP contribution in [0, 0.1) is 6.92 Å². The molecule has 1 amide bonds. The average molecular weight is 437 g/mol. The van der Waals surface area contributed by atoms with E-state index in [0.717, 1.165) is 35.3 Å². The lowest BCUT2D eigenvalue weighted by molar-refractivity contribution is -0.123. The van der Waals surface area contributed by atoms with Crippen LogP contribution in [0.4, 0.5) is 5.69 Å². The first-order valence-electron chi connectivity index (χ1n) is 10.2. The van der Waals surface area contributed by atoms with E-state index >= 15 is 0 Å². The molecule has 30 heavy (non-hydrogen) atoms. The Morgan fingerprint density at radius 3 is 2.50 bits per heavy atom. The Bertz CT molecular complexity index is 1090. The molecule has 2 aliphatic rings. The summed E-state index contributed by atoms with van der Waals surface area (Å²) >= 11 is 12.6. The number of piperidine rings is 1. The van der Waals surface area contributed by atoms with Gasteiger partial charge < -0.3 is 10.6 Å². The second-order valence-electron chi connectivity index (χ2n) is 8.21. The van der Waals surface area contributed by atoms with Gasteiger partial charge in [0.05, 0.1) is 6.04 Å². The molecule has 0 aromatic heterocycles. The largest absolute Gasteiger partial charge is 0.325 e. The van der Waals surface area contributed by atoms with Gasteiger partial charge in [-0.1, -0.05) is 71.2 Å². The van der Waals surface area contributed by atoms with Crippen LogP contribution < -0.4 is 10.6 Å². The molecule has 2 N–H and O–H groups in total. The zero-order chi connectivity index (χ0) is 20.9. The van der Waals surface area contributed by atoms with Crippen LogP contribution >= 0.6 is 23.2 Å². The van der Waals surface area contributed by atoms with Gasteiger partial charge in [-0.15, -0.1) is 0 Å². The number of aryl methyl sites for hydroxylation is 1. The highest BCUT2D eigenvalue weighted by Gasteiger charge is 2.59. The lowest BCUT2D eigenvalue weighted by atomic mass is 9.59. The number of anilines is 1. The number of carbonyl (C=O) groups is 1. The van der Waals surface area contributed by atoms with Crippen LogP contribution in [0.15, 0.2) is 66.7 Å². The van der Waals surface area contributed by atoms with Crippen molar-refractivity contribution in [3.05, 3.63) is 99.0 Å². The van der Waals surface area contributed by atoms with E-state index in [1.54, 1.807) is 0 Å². The smallest absolute Gasteiger partial charge is 0.237 e. The van der Waals surface area contributed by atoms with Crippen molar-refractivity contribution in [1.82, 2.24) is 5.32 Å². The highest BCUT2D eigenvalue weighted by atomic mass is 35.5. The van der Waals surface area contributed by atoms with E-state index in [9.17, 15) is 4.79 Å². The molecule has 3 nitrogen and oxygen atoms in total. The molecule has 3 aromatic carbocycles. The Balaban J connectivity index is 1.78. The van der Waals surface area contributed by atoms with Gasteiger partial charge in [-0.25, -0.2) is 0 Å². The summed E-state index contributed by atoms with van der Waals surface area (Å²) < 4.78 is 0. The fourth-order valence-electron chi connectivity index (χ4n) is 5.31. The van der Waals surface area contributed by atoms with E-state index in [-0.39, 0.29) is 17.9 Å². The Hall–Kier alpha value is -2.33. The standard InChI is InChI=1S/C25H22Cl2N2O/c1-15-4-2-6-17(12-15)23-25(21-9-8-19(27)14-22(21)29-24(25)30)20(10-11-28-23)16-5-3-7-18(26)13-16/h2-9,12-14,20,23,28H,10-11H2,1H3,(H,29,30)/t20-,23+,25+/m0/s1. The second-order valence-corrected chi connectivity index (χ2v) is 9.08. The molecule has 0 saturated carbocycles. The van der Waals surface area contributed by atoms with Crippen molar-refractivity contribution in [1.29, 1.82) is 0 Å². The van der Waals surface area contributed by atoms with E-state index in [1.165, 1.54) is 5.56 Å². The molecule has 0 bridgehead atoms. The van der Waals surface area contributed by atoms with Crippen molar-refractivity contribution in [2.45, 2.75) is 30.7 Å². The van der Waals surface area contributed by atoms with Gasteiger partial charge in [0, 0.05) is 21.7 Å². The normalized spacial score (nSPS) is 25.2. The van der Waals surface area contributed by atoms with Crippen molar-refractivity contribution in [3.63, 3.8) is 0 Å². The number of amides is 1. The number of benzene rings is 3. The Morgan fingerprint density at radius 2 is 1.70 bits per heavy atom. The fraction of sp³-hybridized carbons (Fsp3) is 0.240. The molecule has 1 saturated heterocycles. The van der Waals surface area contributed by atoms with Gasteiger partial charge in [-0.05, 0) is 60.8 Å². The number of carbonyl (C=O) groups excluding carboxylic acids is 1. The predicted molar refractivity (Wildman–Crippen MR) is 122 cm³/mol. The summed E-state index contributed by atoms with van der Waals surface area (Å²) in [6.45, 7) is 2.89. The number of hydrogen-bond donors (Lipinski definition) is 2. The molecule has 0 aliphatic carbocycles. The van der Waals surface area contributed by atoms with Crippen LogP contribution in [0.1, 0.15) is 40.6 Å². The SMILES string of the molecule is Cc1cccc([C@H]2NCC[C@@H](c3cccc(Cl)c3)[C@]23C(=O)Nc2cc(Cl)ccc23)c1. The molecular formula is C25H22Cl2N2O. The molecule has 3 aromatic rings. The molecule has 5 rings (SSSR count). The molecular weight excluding hydrogens is 415 g/mol. The zero-order valence-electron chi connectivity index (χ0n) is 16.6. The minimum Gasteiger partial charge on any atom is -0.325 e. The molecule has 3 atom stereocenters. The van der Waals surface area contributed by atoms with Crippen molar-refractivity contribution in [2.75, 3.05) is 11.9 Å². The van der Waals surface area contributed by atoms with Gasteiger partial charge in [0.1, 0.15) is 5.41 Å². The van der Waals surface area contributed by atoms with Crippen LogP contribution in [-0.2, 0) is 10.2 Å². The summed E-state index contributed by atoms with van der Waals surface area (Å²) in [7, 11) is 0. The zero-order valence-corrected chi connectivity index (χ0v) is 18.1. The molecule has 1 spiro atoms. The van der Waals surface area contributed by atoms with Gasteiger partial charge >= 0.3 is 0 Å². The second kappa shape index (κ2) is 7.42. The van der Waals surface area contributed by atoms with E-state index in [2.05, 4.69) is 47.9 Å². The number of fused-ring (bicyclic) bond motifs is 2. The first-order valence-corrected chi connectivity index (χ1v) is 10.9. The van der Waals surface area contributed by atoms with Crippen LogP contribution in [0.5, 0.6) is 0 Å². The Morgan fingerprint density at radius 1 is 0.933 bits per heavy atom. The number of rotatable bonds is 2. The van der Waals surface area contributed by atoms with E-state index in [0.29, 0.717) is 10.0 Å². The minimum atomic E-state index is -0.795. The maximum atomic E-state index is 13.8. The third-order valence-corrected chi connectivity index (χ3v) is 6.93. The first-order chi connectivity index (χ1) is 14.5. The van der Waals surface area contributed by atoms with E-state index in [4.69, 9.17) is 23.2 Å². The van der Waals surface area contributed by atoms with Gasteiger partial charge in [-0.2, -0.15) is 0 Å². The summed E-state index contributed by atoms with van der Waals surface area (Å²) in [4.78, 5) is 13.8. The summed E-state index contributed by atoms with van der Waals surface area (Å²) in [5, 5.41) is 8.10. The van der Waals surface area contributed by atoms with Crippen molar-refractivity contribution >= 4 is 34.8 Å². The molecule has 1 fully saturated rings. The van der Waals surface area contributed by atoms with Crippen molar-refractivity contribution < 1.29 is 4.79 Å². The summed E-state index contributed by atoms with van der Waals surface area (Å²) in [5.74, 6) is -0.0196. The maximum absolute atomic E-state index is 13.8. The van der Waals surface area contributed by atoms with Gasteiger partial charge in [0.2, 0.25) is 5.91 Å². The molecule has 2 heterocycles.